The van der Waals surface area contributed by atoms with Crippen LogP contribution in [0.3, 0.4) is 0 Å². The highest BCUT2D eigenvalue weighted by atomic mass is 35.5. The Labute approximate surface area is 114 Å². The molecule has 0 N–H and O–H groups in total. The summed E-state index contributed by atoms with van der Waals surface area (Å²) in [4.78, 5) is 4.61. The van der Waals surface area contributed by atoms with Crippen LogP contribution in [0.2, 0.25) is 5.02 Å². The third kappa shape index (κ3) is 2.06. The normalized spacial score (nSPS) is 13.7. The third-order valence-corrected chi connectivity index (χ3v) is 3.95. The Bertz CT molecular complexity index is 622. The summed E-state index contributed by atoms with van der Waals surface area (Å²) in [6, 6.07) is 6.44. The quantitative estimate of drug-likeness (QED) is 0.656. The van der Waals surface area contributed by atoms with Gasteiger partial charge >= 0.3 is 0 Å². The standard InChI is InChI=1S/C15H15BClN/c1-9-4-13(17)6-10-2-3-11-5-12(16)8-18-15(11)7-14(9)10/h4-6,8H,2-3,7,16H2,1H3. The molecule has 1 nitrogen and oxygen atoms in total. The highest BCUT2D eigenvalue weighted by Gasteiger charge is 2.16. The number of aryl methyl sites for hydroxylation is 3. The van der Waals surface area contributed by atoms with Gasteiger partial charge in [-0.3, -0.25) is 4.98 Å². The molecule has 1 heterocycles. The van der Waals surface area contributed by atoms with Gasteiger partial charge in [0.05, 0.1) is 0 Å². The van der Waals surface area contributed by atoms with E-state index in [1.165, 1.54) is 33.4 Å². The van der Waals surface area contributed by atoms with Gasteiger partial charge in [0, 0.05) is 23.3 Å². The van der Waals surface area contributed by atoms with Crippen molar-refractivity contribution in [1.29, 1.82) is 0 Å². The van der Waals surface area contributed by atoms with E-state index in [-0.39, 0.29) is 0 Å². The molecular weight excluding hydrogens is 240 g/mol. The van der Waals surface area contributed by atoms with Gasteiger partial charge in [-0.1, -0.05) is 23.1 Å². The molecule has 18 heavy (non-hydrogen) atoms. The molecule has 0 atom stereocenters. The molecule has 0 amide bonds. The van der Waals surface area contributed by atoms with Crippen molar-refractivity contribution in [2.45, 2.75) is 26.2 Å². The summed E-state index contributed by atoms with van der Waals surface area (Å²) in [5.74, 6) is 0. The summed E-state index contributed by atoms with van der Waals surface area (Å²) < 4.78 is 0. The average Bonchev–Trinajstić information content (AvgIpc) is 2.49. The van der Waals surface area contributed by atoms with Gasteiger partial charge in [-0.05, 0) is 54.2 Å². The van der Waals surface area contributed by atoms with E-state index in [4.69, 9.17) is 11.6 Å². The van der Waals surface area contributed by atoms with E-state index < -0.39 is 0 Å². The van der Waals surface area contributed by atoms with Gasteiger partial charge in [0.2, 0.25) is 0 Å². The fraction of sp³-hybridized carbons (Fsp3) is 0.267. The SMILES string of the molecule is Bc1cnc2c(c1)CCc1cc(Cl)cc(C)c1C2. The number of rotatable bonds is 0. The van der Waals surface area contributed by atoms with Crippen molar-refractivity contribution < 1.29 is 0 Å². The van der Waals surface area contributed by atoms with E-state index >= 15 is 0 Å². The molecule has 1 aromatic carbocycles. The molecule has 0 saturated carbocycles. The van der Waals surface area contributed by atoms with Crippen molar-refractivity contribution in [2.75, 3.05) is 0 Å². The van der Waals surface area contributed by atoms with Crippen LogP contribution < -0.4 is 5.46 Å². The van der Waals surface area contributed by atoms with Crippen LogP contribution in [0.5, 0.6) is 0 Å². The molecule has 0 spiro atoms. The lowest BCUT2D eigenvalue weighted by Crippen LogP contribution is -2.08. The third-order valence-electron chi connectivity index (χ3n) is 3.73. The average molecular weight is 256 g/mol. The minimum atomic E-state index is 0.848. The highest BCUT2D eigenvalue weighted by molar-refractivity contribution is 6.32. The van der Waals surface area contributed by atoms with Crippen molar-refractivity contribution in [3.63, 3.8) is 0 Å². The van der Waals surface area contributed by atoms with Crippen LogP contribution in [-0.4, -0.2) is 12.8 Å². The molecule has 0 radical (unpaired) electrons. The van der Waals surface area contributed by atoms with Crippen LogP contribution in [0.1, 0.15) is 27.9 Å². The summed E-state index contributed by atoms with van der Waals surface area (Å²) in [5.41, 5.74) is 7.94. The first-order valence-electron chi connectivity index (χ1n) is 6.36. The molecule has 1 aliphatic rings. The number of benzene rings is 1. The molecule has 1 aromatic heterocycles. The number of aromatic nitrogens is 1. The molecule has 0 bridgehead atoms. The van der Waals surface area contributed by atoms with Crippen LogP contribution >= 0.6 is 11.6 Å². The lowest BCUT2D eigenvalue weighted by atomic mass is 9.94. The minimum absolute atomic E-state index is 0.848. The molecule has 2 aromatic rings. The maximum absolute atomic E-state index is 6.16. The smallest absolute Gasteiger partial charge is 0.141 e. The maximum atomic E-state index is 6.16. The van der Waals surface area contributed by atoms with Crippen molar-refractivity contribution >= 4 is 24.9 Å². The van der Waals surface area contributed by atoms with Crippen LogP contribution in [0.4, 0.5) is 0 Å². The Hall–Kier alpha value is -1.28. The van der Waals surface area contributed by atoms with Crippen molar-refractivity contribution in [1.82, 2.24) is 4.98 Å². The second-order valence-corrected chi connectivity index (χ2v) is 5.59. The molecule has 90 valence electrons. The Morgan fingerprint density at radius 1 is 1.17 bits per heavy atom. The molecule has 0 fully saturated rings. The van der Waals surface area contributed by atoms with Crippen molar-refractivity contribution in [3.05, 3.63) is 57.4 Å². The lowest BCUT2D eigenvalue weighted by molar-refractivity contribution is 0.954. The van der Waals surface area contributed by atoms with Crippen molar-refractivity contribution in [3.8, 4) is 0 Å². The number of halogens is 1. The lowest BCUT2D eigenvalue weighted by Gasteiger charge is -2.10. The van der Waals surface area contributed by atoms with Crippen LogP contribution in [0.25, 0.3) is 0 Å². The molecular formula is C15H15BClN. The first kappa shape index (κ1) is 11.8. The molecule has 3 heteroatoms. The van der Waals surface area contributed by atoms with Gasteiger partial charge in [0.1, 0.15) is 7.85 Å². The van der Waals surface area contributed by atoms with Gasteiger partial charge in [-0.25, -0.2) is 0 Å². The van der Waals surface area contributed by atoms with E-state index in [1.54, 1.807) is 0 Å². The Balaban J connectivity index is 2.12. The first-order valence-corrected chi connectivity index (χ1v) is 6.73. The number of hydrogen-bond donors (Lipinski definition) is 0. The summed E-state index contributed by atoms with van der Waals surface area (Å²) >= 11 is 6.16. The predicted octanol–water partition coefficient (Wildman–Crippen LogP) is 1.99. The zero-order valence-electron chi connectivity index (χ0n) is 10.8. The summed E-state index contributed by atoms with van der Waals surface area (Å²) in [6.45, 7) is 2.14. The molecule has 1 aliphatic carbocycles. The summed E-state index contributed by atoms with van der Waals surface area (Å²) in [5, 5.41) is 0.848. The summed E-state index contributed by atoms with van der Waals surface area (Å²) in [7, 11) is 2.10. The maximum Gasteiger partial charge on any atom is 0.141 e. The molecule has 0 unspecified atom stereocenters. The molecule has 0 aliphatic heterocycles. The van der Waals surface area contributed by atoms with Crippen LogP contribution in [0.15, 0.2) is 24.4 Å². The second-order valence-electron chi connectivity index (χ2n) is 5.16. The van der Waals surface area contributed by atoms with Crippen LogP contribution in [0, 0.1) is 6.92 Å². The fourth-order valence-electron chi connectivity index (χ4n) is 2.79. The molecule has 0 saturated heterocycles. The van der Waals surface area contributed by atoms with Crippen molar-refractivity contribution in [2.24, 2.45) is 0 Å². The van der Waals surface area contributed by atoms with E-state index in [2.05, 4.69) is 38.0 Å². The van der Waals surface area contributed by atoms with Gasteiger partial charge < -0.3 is 0 Å². The predicted molar refractivity (Wildman–Crippen MR) is 78.8 cm³/mol. The number of nitrogens with zero attached hydrogens (tertiary/aromatic N) is 1. The highest BCUT2D eigenvalue weighted by Crippen LogP contribution is 2.28. The Kier molecular flexibility index (Phi) is 2.91. The Morgan fingerprint density at radius 2 is 1.94 bits per heavy atom. The zero-order valence-corrected chi connectivity index (χ0v) is 11.5. The number of fused-ring (bicyclic) bond motifs is 2. The minimum Gasteiger partial charge on any atom is -0.261 e. The van der Waals surface area contributed by atoms with E-state index in [0.29, 0.717) is 0 Å². The Morgan fingerprint density at radius 3 is 2.78 bits per heavy atom. The van der Waals surface area contributed by atoms with Gasteiger partial charge in [-0.2, -0.15) is 0 Å². The van der Waals surface area contributed by atoms with Crippen LogP contribution in [-0.2, 0) is 19.3 Å². The monoisotopic (exact) mass is 255 g/mol. The van der Waals surface area contributed by atoms with Gasteiger partial charge in [0.15, 0.2) is 0 Å². The first-order chi connectivity index (χ1) is 8.63. The fourth-order valence-corrected chi connectivity index (χ4v) is 3.08. The topological polar surface area (TPSA) is 12.9 Å². The van der Waals surface area contributed by atoms with E-state index in [9.17, 15) is 0 Å². The largest absolute Gasteiger partial charge is 0.261 e. The zero-order chi connectivity index (χ0) is 12.7. The molecule has 3 rings (SSSR count). The van der Waals surface area contributed by atoms with Gasteiger partial charge in [-0.15, -0.1) is 0 Å². The summed E-state index contributed by atoms with van der Waals surface area (Å²) in [6.07, 6.45) is 5.04. The van der Waals surface area contributed by atoms with Gasteiger partial charge in [0.25, 0.3) is 0 Å². The number of hydrogen-bond acceptors (Lipinski definition) is 1. The second kappa shape index (κ2) is 4.44. The van der Waals surface area contributed by atoms with E-state index in [0.717, 1.165) is 24.3 Å². The van der Waals surface area contributed by atoms with E-state index in [1.807, 2.05) is 6.20 Å². The number of pyridine rings is 1.